The topological polar surface area (TPSA) is 50.9 Å². The van der Waals surface area contributed by atoms with E-state index in [4.69, 9.17) is 18.0 Å². The van der Waals surface area contributed by atoms with Crippen LogP contribution in [0, 0.1) is 5.92 Å². The molecule has 82 valence electrons. The zero-order valence-corrected chi connectivity index (χ0v) is 10.1. The standard InChI is InChI=1S/C11H17N3S/c1-7(2)8(3)14-10-6-13-5-4-9(10)11(12)15/h4-8,14H,1-3H3,(H2,12,15). The largest absolute Gasteiger partial charge is 0.389 e. The van der Waals surface area contributed by atoms with Crippen molar-refractivity contribution in [1.29, 1.82) is 0 Å². The number of hydrogen-bond donors (Lipinski definition) is 2. The third-order valence-corrected chi connectivity index (χ3v) is 2.69. The van der Waals surface area contributed by atoms with Crippen LogP contribution < -0.4 is 11.1 Å². The summed E-state index contributed by atoms with van der Waals surface area (Å²) in [5.74, 6) is 0.546. The summed E-state index contributed by atoms with van der Waals surface area (Å²) in [6.45, 7) is 6.45. The average Bonchev–Trinajstić information content (AvgIpc) is 2.18. The van der Waals surface area contributed by atoms with Gasteiger partial charge in [0.05, 0.1) is 11.9 Å². The molecule has 1 heterocycles. The van der Waals surface area contributed by atoms with Gasteiger partial charge < -0.3 is 11.1 Å². The molecule has 1 unspecified atom stereocenters. The SMILES string of the molecule is CC(C)C(C)Nc1cnccc1C(N)=S. The van der Waals surface area contributed by atoms with Crippen molar-refractivity contribution in [1.82, 2.24) is 4.98 Å². The maximum atomic E-state index is 5.63. The Morgan fingerprint density at radius 1 is 1.47 bits per heavy atom. The van der Waals surface area contributed by atoms with Crippen molar-refractivity contribution in [2.45, 2.75) is 26.8 Å². The quantitative estimate of drug-likeness (QED) is 0.768. The van der Waals surface area contributed by atoms with Gasteiger partial charge in [-0.3, -0.25) is 4.98 Å². The zero-order valence-electron chi connectivity index (χ0n) is 9.32. The number of nitrogens with zero attached hydrogens (tertiary/aromatic N) is 1. The van der Waals surface area contributed by atoms with E-state index in [9.17, 15) is 0 Å². The van der Waals surface area contributed by atoms with Crippen LogP contribution in [0.1, 0.15) is 26.3 Å². The van der Waals surface area contributed by atoms with Gasteiger partial charge in [-0.05, 0) is 18.9 Å². The second-order valence-electron chi connectivity index (χ2n) is 3.96. The van der Waals surface area contributed by atoms with Crippen molar-refractivity contribution in [3.63, 3.8) is 0 Å². The van der Waals surface area contributed by atoms with Crippen LogP contribution in [0.25, 0.3) is 0 Å². The van der Waals surface area contributed by atoms with Crippen LogP contribution in [-0.4, -0.2) is 16.0 Å². The number of anilines is 1. The van der Waals surface area contributed by atoms with Gasteiger partial charge in [0.1, 0.15) is 4.99 Å². The molecule has 0 radical (unpaired) electrons. The van der Waals surface area contributed by atoms with Crippen molar-refractivity contribution >= 4 is 22.9 Å². The fraction of sp³-hybridized carbons (Fsp3) is 0.455. The third-order valence-electron chi connectivity index (χ3n) is 2.47. The molecule has 0 spiro atoms. The maximum Gasteiger partial charge on any atom is 0.106 e. The van der Waals surface area contributed by atoms with Gasteiger partial charge in [0, 0.05) is 17.8 Å². The lowest BCUT2D eigenvalue weighted by Crippen LogP contribution is -2.24. The van der Waals surface area contributed by atoms with Crippen LogP contribution in [0.15, 0.2) is 18.5 Å². The molecule has 0 aliphatic heterocycles. The minimum absolute atomic E-state index is 0.363. The lowest BCUT2D eigenvalue weighted by atomic mass is 10.1. The fourth-order valence-electron chi connectivity index (χ4n) is 1.14. The molecule has 0 amide bonds. The number of nitrogens with one attached hydrogen (secondary N) is 1. The van der Waals surface area contributed by atoms with Crippen molar-refractivity contribution < 1.29 is 0 Å². The molecule has 0 aromatic carbocycles. The Kier molecular flexibility index (Phi) is 4.03. The number of rotatable bonds is 4. The average molecular weight is 223 g/mol. The summed E-state index contributed by atoms with van der Waals surface area (Å²) in [5.41, 5.74) is 7.39. The van der Waals surface area contributed by atoms with Crippen molar-refractivity contribution in [3.05, 3.63) is 24.0 Å². The zero-order chi connectivity index (χ0) is 11.4. The molecule has 0 saturated carbocycles. The Morgan fingerprint density at radius 2 is 2.13 bits per heavy atom. The lowest BCUT2D eigenvalue weighted by Gasteiger charge is -2.20. The highest BCUT2D eigenvalue weighted by molar-refractivity contribution is 7.80. The first-order valence-corrected chi connectivity index (χ1v) is 5.43. The second-order valence-corrected chi connectivity index (χ2v) is 4.40. The Morgan fingerprint density at radius 3 is 2.67 bits per heavy atom. The first-order valence-electron chi connectivity index (χ1n) is 5.02. The third kappa shape index (κ3) is 3.16. The first-order chi connectivity index (χ1) is 7.02. The molecule has 15 heavy (non-hydrogen) atoms. The summed E-state index contributed by atoms with van der Waals surface area (Å²) in [4.78, 5) is 4.46. The van der Waals surface area contributed by atoms with Gasteiger partial charge in [-0.25, -0.2) is 0 Å². The number of aromatic nitrogens is 1. The van der Waals surface area contributed by atoms with Gasteiger partial charge in [0.15, 0.2) is 0 Å². The number of thiocarbonyl (C=S) groups is 1. The van der Waals surface area contributed by atoms with E-state index in [0.717, 1.165) is 11.3 Å². The Balaban J connectivity index is 2.89. The second kappa shape index (κ2) is 5.07. The molecular formula is C11H17N3S. The number of nitrogens with two attached hydrogens (primary N) is 1. The minimum atomic E-state index is 0.363. The minimum Gasteiger partial charge on any atom is -0.389 e. The molecule has 1 atom stereocenters. The molecule has 0 fully saturated rings. The molecule has 3 nitrogen and oxygen atoms in total. The number of hydrogen-bond acceptors (Lipinski definition) is 3. The van der Waals surface area contributed by atoms with Gasteiger partial charge in [-0.15, -0.1) is 0 Å². The molecule has 1 rings (SSSR count). The van der Waals surface area contributed by atoms with Crippen LogP contribution >= 0.6 is 12.2 Å². The Bertz CT molecular complexity index is 349. The smallest absolute Gasteiger partial charge is 0.106 e. The van der Waals surface area contributed by atoms with E-state index in [2.05, 4.69) is 31.1 Å². The van der Waals surface area contributed by atoms with E-state index in [-0.39, 0.29) is 0 Å². The van der Waals surface area contributed by atoms with E-state index >= 15 is 0 Å². The van der Waals surface area contributed by atoms with Crippen molar-refractivity contribution in [3.8, 4) is 0 Å². The van der Waals surface area contributed by atoms with E-state index in [0.29, 0.717) is 16.9 Å². The van der Waals surface area contributed by atoms with Crippen LogP contribution in [0.3, 0.4) is 0 Å². The maximum absolute atomic E-state index is 5.63. The first kappa shape index (κ1) is 11.9. The van der Waals surface area contributed by atoms with Gasteiger partial charge >= 0.3 is 0 Å². The van der Waals surface area contributed by atoms with Crippen LogP contribution in [0.5, 0.6) is 0 Å². The summed E-state index contributed by atoms with van der Waals surface area (Å²) >= 11 is 4.98. The number of pyridine rings is 1. The fourth-order valence-corrected chi connectivity index (χ4v) is 1.31. The van der Waals surface area contributed by atoms with E-state index < -0.39 is 0 Å². The highest BCUT2D eigenvalue weighted by atomic mass is 32.1. The van der Waals surface area contributed by atoms with Gasteiger partial charge in [-0.1, -0.05) is 26.1 Å². The molecule has 0 saturated heterocycles. The molecule has 1 aromatic heterocycles. The van der Waals surface area contributed by atoms with Crippen LogP contribution in [0.2, 0.25) is 0 Å². The summed E-state index contributed by atoms with van der Waals surface area (Å²) in [6.07, 6.45) is 3.45. The van der Waals surface area contributed by atoms with Crippen molar-refractivity contribution in [2.75, 3.05) is 5.32 Å². The summed E-state index contributed by atoms with van der Waals surface area (Å²) in [5, 5.41) is 3.36. The Labute approximate surface area is 96.1 Å². The normalized spacial score (nSPS) is 12.5. The monoisotopic (exact) mass is 223 g/mol. The van der Waals surface area contributed by atoms with Gasteiger partial charge in [0.25, 0.3) is 0 Å². The predicted octanol–water partition coefficient (Wildman–Crippen LogP) is 2.17. The molecule has 0 aliphatic carbocycles. The van der Waals surface area contributed by atoms with E-state index in [1.54, 1.807) is 12.4 Å². The highest BCUT2D eigenvalue weighted by Gasteiger charge is 2.10. The molecular weight excluding hydrogens is 206 g/mol. The highest BCUT2D eigenvalue weighted by Crippen LogP contribution is 2.16. The summed E-state index contributed by atoms with van der Waals surface area (Å²) in [7, 11) is 0. The van der Waals surface area contributed by atoms with Gasteiger partial charge in [0.2, 0.25) is 0 Å². The lowest BCUT2D eigenvalue weighted by molar-refractivity contribution is 0.560. The molecule has 3 N–H and O–H groups in total. The van der Waals surface area contributed by atoms with Crippen LogP contribution in [-0.2, 0) is 0 Å². The van der Waals surface area contributed by atoms with Gasteiger partial charge in [-0.2, -0.15) is 0 Å². The molecule has 4 heteroatoms. The molecule has 0 bridgehead atoms. The summed E-state index contributed by atoms with van der Waals surface area (Å²) in [6, 6.07) is 2.19. The van der Waals surface area contributed by atoms with E-state index in [1.165, 1.54) is 0 Å². The predicted molar refractivity (Wildman–Crippen MR) is 68.0 cm³/mol. The van der Waals surface area contributed by atoms with Crippen molar-refractivity contribution in [2.24, 2.45) is 11.7 Å². The van der Waals surface area contributed by atoms with Crippen LogP contribution in [0.4, 0.5) is 5.69 Å². The molecule has 0 aliphatic rings. The van der Waals surface area contributed by atoms with E-state index in [1.807, 2.05) is 6.07 Å². The summed E-state index contributed by atoms with van der Waals surface area (Å²) < 4.78 is 0. The molecule has 1 aromatic rings. The Hall–Kier alpha value is -1.16.